The highest BCUT2D eigenvalue weighted by Crippen LogP contribution is 2.18. The van der Waals surface area contributed by atoms with Gasteiger partial charge in [-0.25, -0.2) is 4.99 Å². The van der Waals surface area contributed by atoms with Gasteiger partial charge in [0.1, 0.15) is 5.75 Å². The fraction of sp³-hybridized carbons (Fsp3) is 0.316. The third-order valence-electron chi connectivity index (χ3n) is 3.66. The molecule has 0 bridgehead atoms. The summed E-state index contributed by atoms with van der Waals surface area (Å²) in [5.74, 6) is 1.45. The lowest BCUT2D eigenvalue weighted by molar-refractivity contribution is 0.181. The fourth-order valence-corrected chi connectivity index (χ4v) is 2.46. The van der Waals surface area contributed by atoms with E-state index in [1.165, 1.54) is 0 Å². The molecule has 0 saturated heterocycles. The van der Waals surface area contributed by atoms with Gasteiger partial charge < -0.3 is 20.5 Å². The molecular weight excluding hydrogens is 338 g/mol. The number of aliphatic hydroxyl groups is 1. The Labute approximate surface area is 153 Å². The van der Waals surface area contributed by atoms with Crippen molar-refractivity contribution in [3.8, 4) is 5.75 Å². The average molecular weight is 362 g/mol. The van der Waals surface area contributed by atoms with Crippen molar-refractivity contribution >= 4 is 17.6 Å². The predicted octanol–water partition coefficient (Wildman–Crippen LogP) is 3.14. The van der Waals surface area contributed by atoms with E-state index < -0.39 is 6.10 Å². The van der Waals surface area contributed by atoms with Crippen LogP contribution in [0.5, 0.6) is 5.75 Å². The summed E-state index contributed by atoms with van der Waals surface area (Å²) in [5, 5.41) is 17.3. The number of hydrogen-bond donors (Lipinski definition) is 3. The number of methoxy groups -OCH3 is 1. The maximum absolute atomic E-state index is 10.3. The smallest absolute Gasteiger partial charge is 0.191 e. The maximum Gasteiger partial charge on any atom is 0.191 e. The molecule has 2 rings (SSSR count). The number of nitrogens with one attached hydrogen (secondary N) is 2. The first-order chi connectivity index (χ1) is 12.1. The lowest BCUT2D eigenvalue weighted by Crippen LogP contribution is -2.39. The Morgan fingerprint density at radius 3 is 2.56 bits per heavy atom. The van der Waals surface area contributed by atoms with E-state index in [0.29, 0.717) is 24.1 Å². The number of benzene rings is 2. The molecule has 2 aromatic rings. The molecule has 0 aliphatic heterocycles. The summed E-state index contributed by atoms with van der Waals surface area (Å²) in [6, 6.07) is 14.9. The minimum absolute atomic E-state index is 0.347. The Morgan fingerprint density at radius 1 is 1.16 bits per heavy atom. The van der Waals surface area contributed by atoms with Crippen LogP contribution in [0.25, 0.3) is 0 Å². The van der Waals surface area contributed by atoms with Gasteiger partial charge in [0, 0.05) is 23.7 Å². The molecule has 0 spiro atoms. The van der Waals surface area contributed by atoms with Gasteiger partial charge in [-0.2, -0.15) is 0 Å². The molecular formula is C19H24ClN3O2. The van der Waals surface area contributed by atoms with Crippen LogP contribution >= 0.6 is 11.6 Å². The van der Waals surface area contributed by atoms with E-state index in [1.54, 1.807) is 19.2 Å². The van der Waals surface area contributed by atoms with E-state index in [2.05, 4.69) is 15.6 Å². The molecule has 0 aliphatic rings. The number of guanidine groups is 1. The van der Waals surface area contributed by atoms with Gasteiger partial charge >= 0.3 is 0 Å². The summed E-state index contributed by atoms with van der Waals surface area (Å²) in [6.45, 7) is 3.56. The molecule has 2 aromatic carbocycles. The van der Waals surface area contributed by atoms with E-state index in [1.807, 2.05) is 43.3 Å². The first-order valence-corrected chi connectivity index (χ1v) is 8.59. The van der Waals surface area contributed by atoms with Crippen LogP contribution in [-0.4, -0.2) is 31.3 Å². The van der Waals surface area contributed by atoms with Gasteiger partial charge in [-0.3, -0.25) is 0 Å². The van der Waals surface area contributed by atoms with Gasteiger partial charge in [0.2, 0.25) is 0 Å². The van der Waals surface area contributed by atoms with Crippen LogP contribution in [-0.2, 0) is 6.54 Å². The minimum Gasteiger partial charge on any atom is -0.496 e. The Morgan fingerprint density at radius 2 is 1.88 bits per heavy atom. The molecule has 0 heterocycles. The number of ether oxygens (including phenoxy) is 1. The zero-order chi connectivity index (χ0) is 18.1. The van der Waals surface area contributed by atoms with Crippen molar-refractivity contribution in [3.05, 3.63) is 64.7 Å². The predicted molar refractivity (Wildman–Crippen MR) is 102 cm³/mol. The van der Waals surface area contributed by atoms with E-state index in [9.17, 15) is 5.11 Å². The molecule has 0 fully saturated rings. The molecule has 25 heavy (non-hydrogen) atoms. The average Bonchev–Trinajstić information content (AvgIpc) is 2.64. The first kappa shape index (κ1) is 19.1. The largest absolute Gasteiger partial charge is 0.496 e. The molecule has 1 atom stereocenters. The lowest BCUT2D eigenvalue weighted by Gasteiger charge is -2.16. The SMILES string of the molecule is CCNC(=NCc1ccccc1OC)NCC(O)c1ccc(Cl)cc1. The molecule has 0 radical (unpaired) electrons. The van der Waals surface area contributed by atoms with E-state index in [4.69, 9.17) is 16.3 Å². The third kappa shape index (κ3) is 5.96. The summed E-state index contributed by atoms with van der Waals surface area (Å²) >= 11 is 5.87. The van der Waals surface area contributed by atoms with Gasteiger partial charge in [0.15, 0.2) is 5.96 Å². The summed E-state index contributed by atoms with van der Waals surface area (Å²) in [4.78, 5) is 4.55. The van der Waals surface area contributed by atoms with Crippen molar-refractivity contribution in [1.29, 1.82) is 0 Å². The quantitative estimate of drug-likeness (QED) is 0.523. The Balaban J connectivity index is 1.98. The second-order valence-electron chi connectivity index (χ2n) is 5.46. The van der Waals surface area contributed by atoms with Gasteiger partial charge in [-0.1, -0.05) is 41.9 Å². The second kappa shape index (κ2) is 9.91. The zero-order valence-corrected chi connectivity index (χ0v) is 15.3. The van der Waals surface area contributed by atoms with Crippen molar-refractivity contribution in [2.24, 2.45) is 4.99 Å². The molecule has 134 valence electrons. The van der Waals surface area contributed by atoms with E-state index in [0.717, 1.165) is 23.4 Å². The highest BCUT2D eigenvalue weighted by atomic mass is 35.5. The zero-order valence-electron chi connectivity index (χ0n) is 14.5. The second-order valence-corrected chi connectivity index (χ2v) is 5.89. The van der Waals surface area contributed by atoms with E-state index in [-0.39, 0.29) is 0 Å². The van der Waals surface area contributed by atoms with Crippen molar-refractivity contribution in [2.45, 2.75) is 19.6 Å². The van der Waals surface area contributed by atoms with Crippen LogP contribution in [0.4, 0.5) is 0 Å². The molecule has 5 nitrogen and oxygen atoms in total. The highest BCUT2D eigenvalue weighted by Gasteiger charge is 2.09. The fourth-order valence-electron chi connectivity index (χ4n) is 2.34. The molecule has 0 aliphatic carbocycles. The summed E-state index contributed by atoms with van der Waals surface area (Å²) in [5.41, 5.74) is 1.80. The number of para-hydroxylation sites is 1. The van der Waals surface area contributed by atoms with Crippen LogP contribution < -0.4 is 15.4 Å². The van der Waals surface area contributed by atoms with Crippen molar-refractivity contribution in [2.75, 3.05) is 20.2 Å². The molecule has 0 amide bonds. The van der Waals surface area contributed by atoms with Crippen LogP contribution in [0.3, 0.4) is 0 Å². The molecule has 6 heteroatoms. The van der Waals surface area contributed by atoms with Crippen LogP contribution in [0.15, 0.2) is 53.5 Å². The number of nitrogens with zero attached hydrogens (tertiary/aromatic N) is 1. The topological polar surface area (TPSA) is 65.9 Å². The van der Waals surface area contributed by atoms with Crippen molar-refractivity contribution < 1.29 is 9.84 Å². The number of aliphatic hydroxyl groups excluding tert-OH is 1. The Bertz CT molecular complexity index is 689. The summed E-state index contributed by atoms with van der Waals surface area (Å²) < 4.78 is 5.34. The van der Waals surface area contributed by atoms with Gasteiger partial charge in [0.25, 0.3) is 0 Å². The molecule has 0 saturated carbocycles. The van der Waals surface area contributed by atoms with Crippen LogP contribution in [0, 0.1) is 0 Å². The third-order valence-corrected chi connectivity index (χ3v) is 3.91. The Hall–Kier alpha value is -2.24. The summed E-state index contributed by atoms with van der Waals surface area (Å²) in [6.07, 6.45) is -0.646. The van der Waals surface area contributed by atoms with Crippen molar-refractivity contribution in [3.63, 3.8) is 0 Å². The van der Waals surface area contributed by atoms with Gasteiger partial charge in [-0.15, -0.1) is 0 Å². The number of halogens is 1. The normalized spacial score (nSPS) is 12.6. The van der Waals surface area contributed by atoms with Crippen molar-refractivity contribution in [1.82, 2.24) is 10.6 Å². The monoisotopic (exact) mass is 361 g/mol. The lowest BCUT2D eigenvalue weighted by atomic mass is 10.1. The standard InChI is InChI=1S/C19H24ClN3O2/c1-3-21-19(22-12-15-6-4-5-7-18(15)25-2)23-13-17(24)14-8-10-16(20)11-9-14/h4-11,17,24H,3,12-13H2,1-2H3,(H2,21,22,23). The molecule has 1 unspecified atom stereocenters. The minimum atomic E-state index is -0.646. The van der Waals surface area contributed by atoms with Crippen LogP contribution in [0.1, 0.15) is 24.2 Å². The van der Waals surface area contributed by atoms with Gasteiger partial charge in [0.05, 0.1) is 19.8 Å². The first-order valence-electron chi connectivity index (χ1n) is 8.21. The summed E-state index contributed by atoms with van der Waals surface area (Å²) in [7, 11) is 1.65. The number of rotatable bonds is 7. The number of hydrogen-bond acceptors (Lipinski definition) is 3. The van der Waals surface area contributed by atoms with Gasteiger partial charge in [-0.05, 0) is 30.7 Å². The molecule has 3 N–H and O–H groups in total. The van der Waals surface area contributed by atoms with E-state index >= 15 is 0 Å². The molecule has 0 aromatic heterocycles. The maximum atomic E-state index is 10.3. The Kier molecular flexibility index (Phi) is 7.57. The highest BCUT2D eigenvalue weighted by molar-refractivity contribution is 6.30. The number of aliphatic imine (C=N–C) groups is 1. The van der Waals surface area contributed by atoms with Crippen LogP contribution in [0.2, 0.25) is 5.02 Å².